The minimum absolute atomic E-state index is 0.351. The van der Waals surface area contributed by atoms with Crippen LogP contribution in [0.25, 0.3) is 0 Å². The number of hydrogen-bond donors (Lipinski definition) is 1. The van der Waals surface area contributed by atoms with E-state index in [1.807, 2.05) is 19.4 Å². The smallest absolute Gasteiger partial charge is 0.311 e. The van der Waals surface area contributed by atoms with Crippen LogP contribution < -0.4 is 0 Å². The lowest BCUT2D eigenvalue weighted by Crippen LogP contribution is -2.12. The van der Waals surface area contributed by atoms with Crippen molar-refractivity contribution in [1.29, 1.82) is 0 Å². The Balaban J connectivity index is 3.71. The normalized spacial score (nSPS) is 13.2. The highest BCUT2D eigenvalue weighted by molar-refractivity contribution is 8.33. The molecule has 9 heavy (non-hydrogen) atoms. The van der Waals surface area contributed by atoms with Gasteiger partial charge in [-0.05, 0) is 18.3 Å². The monoisotopic (exact) mass is 150 g/mol. The summed E-state index contributed by atoms with van der Waals surface area (Å²) < 4.78 is 0. The molecule has 0 atom stereocenters. The lowest BCUT2D eigenvalue weighted by atomic mass is 10.8. The van der Waals surface area contributed by atoms with Crippen molar-refractivity contribution in [3.05, 3.63) is 0 Å². The Kier molecular flexibility index (Phi) is 3.04. The first-order valence-electron chi connectivity index (χ1n) is 2.88. The summed E-state index contributed by atoms with van der Waals surface area (Å²) in [6.07, 6.45) is 4.09. The first-order valence-corrected chi connectivity index (χ1v) is 5.67. The van der Waals surface area contributed by atoms with Gasteiger partial charge in [0.25, 0.3) is 0 Å². The molecule has 1 N–H and O–H groups in total. The summed E-state index contributed by atoms with van der Waals surface area (Å²) in [7, 11) is -0.818. The number of aliphatic carboxylic acids is 1. The van der Waals surface area contributed by atoms with Crippen molar-refractivity contribution < 1.29 is 9.90 Å². The van der Waals surface area contributed by atoms with E-state index in [0.29, 0.717) is 5.75 Å². The predicted molar refractivity (Wildman–Crippen MR) is 42.5 cm³/mol. The standard InChI is InChI=1S/C6H14O2S/c1-4-9(2,3)5-6(7)8/h4-5H2,1-3H3,(H,7,8). The summed E-state index contributed by atoms with van der Waals surface area (Å²) in [5.41, 5.74) is 0. The molecule has 0 bridgehead atoms. The summed E-state index contributed by atoms with van der Waals surface area (Å²) in [5.74, 6) is 0.680. The second-order valence-corrected chi connectivity index (χ2v) is 6.99. The van der Waals surface area contributed by atoms with Gasteiger partial charge in [0.2, 0.25) is 0 Å². The number of carbonyl (C=O) groups is 1. The Morgan fingerprint density at radius 1 is 1.56 bits per heavy atom. The van der Waals surface area contributed by atoms with Gasteiger partial charge in [0.1, 0.15) is 0 Å². The topological polar surface area (TPSA) is 37.3 Å². The van der Waals surface area contributed by atoms with Crippen LogP contribution in [0.4, 0.5) is 0 Å². The Labute approximate surface area is 57.6 Å². The molecule has 0 radical (unpaired) electrons. The SMILES string of the molecule is CCS(C)(C)CC(=O)O. The van der Waals surface area contributed by atoms with Gasteiger partial charge in [-0.15, -0.1) is 0 Å². The summed E-state index contributed by atoms with van der Waals surface area (Å²) >= 11 is 0. The molecule has 0 aromatic heterocycles. The predicted octanol–water partition coefficient (Wildman–Crippen LogP) is 1.16. The molecular formula is C6H14O2S. The molecule has 0 amide bonds. The number of carboxylic acids is 1. The van der Waals surface area contributed by atoms with Gasteiger partial charge in [-0.2, -0.15) is 0 Å². The molecule has 0 aromatic rings. The van der Waals surface area contributed by atoms with E-state index in [9.17, 15) is 4.79 Å². The molecule has 0 aliphatic rings. The molecule has 0 fully saturated rings. The van der Waals surface area contributed by atoms with E-state index in [-0.39, 0.29) is 0 Å². The highest BCUT2D eigenvalue weighted by Gasteiger charge is 2.12. The van der Waals surface area contributed by atoms with Crippen LogP contribution in [-0.4, -0.2) is 35.1 Å². The average Bonchev–Trinajstić information content (AvgIpc) is 1.63. The van der Waals surface area contributed by atoms with Crippen molar-refractivity contribution in [3.63, 3.8) is 0 Å². The Morgan fingerprint density at radius 3 is 2.11 bits per heavy atom. The average molecular weight is 150 g/mol. The molecule has 2 nitrogen and oxygen atoms in total. The first kappa shape index (κ1) is 8.82. The van der Waals surface area contributed by atoms with E-state index < -0.39 is 16.0 Å². The van der Waals surface area contributed by atoms with Gasteiger partial charge in [0, 0.05) is 0 Å². The first-order chi connectivity index (χ1) is 3.98. The minimum Gasteiger partial charge on any atom is -0.481 e. The summed E-state index contributed by atoms with van der Waals surface area (Å²) in [6.45, 7) is 2.04. The highest BCUT2D eigenvalue weighted by Crippen LogP contribution is 2.38. The third-order valence-corrected chi connectivity index (χ3v) is 3.89. The van der Waals surface area contributed by atoms with Gasteiger partial charge in [-0.1, -0.05) is 6.92 Å². The fraction of sp³-hybridized carbons (Fsp3) is 0.833. The molecule has 0 aliphatic carbocycles. The van der Waals surface area contributed by atoms with Crippen LogP contribution in [0, 0.1) is 0 Å². The van der Waals surface area contributed by atoms with Gasteiger partial charge < -0.3 is 5.11 Å². The molecule has 0 rings (SSSR count). The molecule has 3 heteroatoms. The van der Waals surface area contributed by atoms with Crippen LogP contribution in [0.5, 0.6) is 0 Å². The van der Waals surface area contributed by atoms with E-state index in [2.05, 4.69) is 0 Å². The molecule has 0 saturated carbocycles. The van der Waals surface area contributed by atoms with Crippen LogP contribution in [-0.2, 0) is 4.79 Å². The van der Waals surface area contributed by atoms with E-state index in [4.69, 9.17) is 5.11 Å². The van der Waals surface area contributed by atoms with Crippen LogP contribution in [0.3, 0.4) is 0 Å². The third-order valence-electron chi connectivity index (χ3n) is 1.30. The third kappa shape index (κ3) is 4.33. The summed E-state index contributed by atoms with van der Waals surface area (Å²) in [6, 6.07) is 0. The Morgan fingerprint density at radius 2 is 2.00 bits per heavy atom. The molecule has 0 unspecified atom stereocenters. The van der Waals surface area contributed by atoms with Crippen molar-refractivity contribution in [2.24, 2.45) is 0 Å². The Hall–Kier alpha value is -0.180. The molecular weight excluding hydrogens is 136 g/mol. The molecule has 0 spiro atoms. The highest BCUT2D eigenvalue weighted by atomic mass is 32.3. The number of rotatable bonds is 3. The van der Waals surface area contributed by atoms with Gasteiger partial charge >= 0.3 is 5.97 Å². The van der Waals surface area contributed by atoms with Crippen molar-refractivity contribution in [2.45, 2.75) is 6.92 Å². The van der Waals surface area contributed by atoms with Crippen LogP contribution in [0.15, 0.2) is 0 Å². The molecule has 0 saturated heterocycles. The maximum absolute atomic E-state index is 10.2. The van der Waals surface area contributed by atoms with Crippen molar-refractivity contribution in [1.82, 2.24) is 0 Å². The number of hydrogen-bond acceptors (Lipinski definition) is 1. The second kappa shape index (κ2) is 3.11. The van der Waals surface area contributed by atoms with Gasteiger partial charge in [-0.3, -0.25) is 4.79 Å². The van der Waals surface area contributed by atoms with Crippen molar-refractivity contribution in [2.75, 3.05) is 24.0 Å². The van der Waals surface area contributed by atoms with E-state index in [1.54, 1.807) is 0 Å². The molecule has 56 valence electrons. The summed E-state index contributed by atoms with van der Waals surface area (Å²) in [4.78, 5) is 10.2. The van der Waals surface area contributed by atoms with Gasteiger partial charge in [0.15, 0.2) is 0 Å². The molecule has 0 heterocycles. The maximum atomic E-state index is 10.2. The zero-order valence-electron chi connectivity index (χ0n) is 6.18. The fourth-order valence-corrected chi connectivity index (χ4v) is 1.31. The second-order valence-electron chi connectivity index (χ2n) is 2.59. The van der Waals surface area contributed by atoms with Crippen LogP contribution >= 0.6 is 10.0 Å². The summed E-state index contributed by atoms with van der Waals surface area (Å²) in [5, 5.41) is 8.40. The minimum atomic E-state index is -0.818. The fourth-order valence-electron chi connectivity index (χ4n) is 0.436. The van der Waals surface area contributed by atoms with Crippen molar-refractivity contribution >= 4 is 16.0 Å². The molecule has 0 aliphatic heterocycles. The van der Waals surface area contributed by atoms with Gasteiger partial charge in [-0.25, -0.2) is 10.0 Å². The quantitative estimate of drug-likeness (QED) is 0.655. The van der Waals surface area contributed by atoms with E-state index in [1.165, 1.54) is 0 Å². The lowest BCUT2D eigenvalue weighted by Gasteiger charge is -2.26. The van der Waals surface area contributed by atoms with E-state index >= 15 is 0 Å². The van der Waals surface area contributed by atoms with E-state index in [0.717, 1.165) is 5.75 Å². The molecule has 0 aromatic carbocycles. The largest absolute Gasteiger partial charge is 0.481 e. The zero-order chi connectivity index (χ0) is 7.49. The van der Waals surface area contributed by atoms with Crippen LogP contribution in [0.2, 0.25) is 0 Å². The number of carboxylic acid groups (broad SMARTS) is 1. The lowest BCUT2D eigenvalue weighted by molar-refractivity contribution is -0.133. The zero-order valence-corrected chi connectivity index (χ0v) is 6.99. The van der Waals surface area contributed by atoms with Gasteiger partial charge in [0.05, 0.1) is 5.75 Å². The maximum Gasteiger partial charge on any atom is 0.311 e. The van der Waals surface area contributed by atoms with Crippen LogP contribution in [0.1, 0.15) is 6.92 Å². The Bertz CT molecular complexity index is 110. The van der Waals surface area contributed by atoms with Crippen molar-refractivity contribution in [3.8, 4) is 0 Å².